The van der Waals surface area contributed by atoms with Gasteiger partial charge in [-0.05, 0) is 37.6 Å². The van der Waals surface area contributed by atoms with E-state index in [2.05, 4.69) is 18.3 Å². The molecule has 2 unspecified atom stereocenters. The Balaban J connectivity index is 2.98. The standard InChI is InChI=1S/C13H20ClNO/c1-5-12(16-4)13(15-3)10-7-6-9(2)11(14)8-10/h6-8,12-13,15H,5H2,1-4H3. The molecule has 0 saturated heterocycles. The molecule has 2 nitrogen and oxygen atoms in total. The van der Waals surface area contributed by atoms with Crippen LogP contribution in [0.1, 0.15) is 30.5 Å². The molecule has 0 aliphatic carbocycles. The van der Waals surface area contributed by atoms with Crippen LogP contribution in [0.5, 0.6) is 0 Å². The van der Waals surface area contributed by atoms with Crippen LogP contribution < -0.4 is 5.32 Å². The molecule has 0 saturated carbocycles. The van der Waals surface area contributed by atoms with E-state index in [1.165, 1.54) is 5.56 Å². The van der Waals surface area contributed by atoms with E-state index in [1.807, 2.05) is 26.1 Å². The summed E-state index contributed by atoms with van der Waals surface area (Å²) in [6, 6.07) is 6.35. The summed E-state index contributed by atoms with van der Waals surface area (Å²) in [6.07, 6.45) is 1.14. The van der Waals surface area contributed by atoms with Crippen LogP contribution in [0.4, 0.5) is 0 Å². The molecule has 0 spiro atoms. The first-order valence-electron chi connectivity index (χ1n) is 5.60. The van der Waals surface area contributed by atoms with E-state index in [-0.39, 0.29) is 12.1 Å². The quantitative estimate of drug-likeness (QED) is 0.854. The maximum Gasteiger partial charge on any atom is 0.0763 e. The van der Waals surface area contributed by atoms with Crippen molar-refractivity contribution in [1.82, 2.24) is 5.32 Å². The first-order valence-corrected chi connectivity index (χ1v) is 5.97. The molecule has 0 aliphatic heterocycles. The van der Waals surface area contributed by atoms with Crippen LogP contribution in [0.3, 0.4) is 0 Å². The zero-order valence-corrected chi connectivity index (χ0v) is 11.1. The highest BCUT2D eigenvalue weighted by Gasteiger charge is 2.20. The molecule has 1 aromatic carbocycles. The van der Waals surface area contributed by atoms with Crippen LogP contribution in [0, 0.1) is 6.92 Å². The fraction of sp³-hybridized carbons (Fsp3) is 0.538. The molecule has 2 atom stereocenters. The number of halogens is 1. The van der Waals surface area contributed by atoms with Crippen molar-refractivity contribution in [3.05, 3.63) is 34.3 Å². The fourth-order valence-electron chi connectivity index (χ4n) is 1.91. The molecule has 0 radical (unpaired) electrons. The predicted octanol–water partition coefficient (Wildman–Crippen LogP) is 3.33. The van der Waals surface area contributed by atoms with E-state index < -0.39 is 0 Å². The van der Waals surface area contributed by atoms with Gasteiger partial charge in [-0.15, -0.1) is 0 Å². The maximum absolute atomic E-state index is 6.14. The zero-order valence-electron chi connectivity index (χ0n) is 10.4. The van der Waals surface area contributed by atoms with Crippen molar-refractivity contribution in [2.45, 2.75) is 32.4 Å². The van der Waals surface area contributed by atoms with Crippen molar-refractivity contribution in [1.29, 1.82) is 0 Å². The van der Waals surface area contributed by atoms with Gasteiger partial charge in [0.25, 0.3) is 0 Å². The van der Waals surface area contributed by atoms with Crippen molar-refractivity contribution in [2.24, 2.45) is 0 Å². The molecule has 16 heavy (non-hydrogen) atoms. The van der Waals surface area contributed by atoms with E-state index in [0.29, 0.717) is 0 Å². The van der Waals surface area contributed by atoms with Crippen molar-refractivity contribution in [2.75, 3.05) is 14.2 Å². The number of aryl methyl sites for hydroxylation is 1. The lowest BCUT2D eigenvalue weighted by molar-refractivity contribution is 0.0676. The number of benzene rings is 1. The predicted molar refractivity (Wildman–Crippen MR) is 69.1 cm³/mol. The van der Waals surface area contributed by atoms with Crippen molar-refractivity contribution in [3.63, 3.8) is 0 Å². The van der Waals surface area contributed by atoms with Gasteiger partial charge in [0.15, 0.2) is 0 Å². The Morgan fingerprint density at radius 3 is 2.56 bits per heavy atom. The molecule has 1 N–H and O–H groups in total. The van der Waals surface area contributed by atoms with E-state index in [0.717, 1.165) is 17.0 Å². The molecular formula is C13H20ClNO. The van der Waals surface area contributed by atoms with Gasteiger partial charge >= 0.3 is 0 Å². The van der Waals surface area contributed by atoms with Crippen LogP contribution in [0.2, 0.25) is 5.02 Å². The third-order valence-corrected chi connectivity index (χ3v) is 3.35. The van der Waals surface area contributed by atoms with Crippen LogP contribution >= 0.6 is 11.6 Å². The molecule has 0 bridgehead atoms. The zero-order chi connectivity index (χ0) is 12.1. The van der Waals surface area contributed by atoms with Gasteiger partial charge in [-0.1, -0.05) is 30.7 Å². The minimum atomic E-state index is 0.170. The molecule has 90 valence electrons. The number of hydrogen-bond acceptors (Lipinski definition) is 2. The minimum absolute atomic E-state index is 0.170. The van der Waals surface area contributed by atoms with Gasteiger partial charge < -0.3 is 10.1 Å². The molecule has 0 heterocycles. The third kappa shape index (κ3) is 2.97. The SMILES string of the molecule is CCC(OC)C(NC)c1ccc(C)c(Cl)c1. The van der Waals surface area contributed by atoms with Gasteiger partial charge in [-0.2, -0.15) is 0 Å². The van der Waals surface area contributed by atoms with Crippen molar-refractivity contribution < 1.29 is 4.74 Å². The molecule has 0 fully saturated rings. The lowest BCUT2D eigenvalue weighted by Gasteiger charge is -2.25. The Hall–Kier alpha value is -0.570. The van der Waals surface area contributed by atoms with Crippen molar-refractivity contribution in [3.8, 4) is 0 Å². The van der Waals surface area contributed by atoms with E-state index >= 15 is 0 Å². The number of methoxy groups -OCH3 is 1. The molecule has 3 heteroatoms. The smallest absolute Gasteiger partial charge is 0.0763 e. The van der Waals surface area contributed by atoms with Gasteiger partial charge in [0, 0.05) is 12.1 Å². The summed E-state index contributed by atoms with van der Waals surface area (Å²) in [6.45, 7) is 4.13. The van der Waals surface area contributed by atoms with Gasteiger partial charge in [-0.3, -0.25) is 0 Å². The monoisotopic (exact) mass is 241 g/mol. The number of likely N-dealkylation sites (N-methyl/N-ethyl adjacent to an activating group) is 1. The average Bonchev–Trinajstić information content (AvgIpc) is 2.29. The second kappa shape index (κ2) is 6.24. The molecule has 0 amide bonds. The van der Waals surface area contributed by atoms with Crippen LogP contribution in [0.15, 0.2) is 18.2 Å². The lowest BCUT2D eigenvalue weighted by atomic mass is 9.98. The van der Waals surface area contributed by atoms with Gasteiger partial charge in [0.2, 0.25) is 0 Å². The summed E-state index contributed by atoms with van der Waals surface area (Å²) in [5.41, 5.74) is 2.28. The van der Waals surface area contributed by atoms with Gasteiger partial charge in [-0.25, -0.2) is 0 Å². The van der Waals surface area contributed by atoms with Crippen LogP contribution in [0.25, 0.3) is 0 Å². The Kier molecular flexibility index (Phi) is 5.26. The first kappa shape index (κ1) is 13.5. The normalized spacial score (nSPS) is 14.8. The molecule has 1 rings (SSSR count). The Morgan fingerprint density at radius 2 is 2.12 bits per heavy atom. The number of rotatable bonds is 5. The van der Waals surface area contributed by atoms with Crippen LogP contribution in [-0.2, 0) is 4.74 Å². The molecule has 0 aromatic heterocycles. The Bertz CT molecular complexity index is 337. The first-order chi connectivity index (χ1) is 7.63. The maximum atomic E-state index is 6.14. The van der Waals surface area contributed by atoms with Gasteiger partial charge in [0.05, 0.1) is 12.1 Å². The summed E-state index contributed by atoms with van der Waals surface area (Å²) in [7, 11) is 3.69. The van der Waals surface area contributed by atoms with Gasteiger partial charge in [0.1, 0.15) is 0 Å². The topological polar surface area (TPSA) is 21.3 Å². The number of hydrogen-bond donors (Lipinski definition) is 1. The third-order valence-electron chi connectivity index (χ3n) is 2.94. The Labute approximate surface area is 103 Å². The second-order valence-corrected chi connectivity index (χ2v) is 4.36. The summed E-state index contributed by atoms with van der Waals surface area (Å²) < 4.78 is 5.47. The summed E-state index contributed by atoms with van der Waals surface area (Å²) >= 11 is 6.14. The number of nitrogens with one attached hydrogen (secondary N) is 1. The Morgan fingerprint density at radius 1 is 1.44 bits per heavy atom. The second-order valence-electron chi connectivity index (χ2n) is 3.96. The number of ether oxygens (including phenoxy) is 1. The summed E-state index contributed by atoms with van der Waals surface area (Å²) in [5, 5.41) is 4.09. The molecule has 0 aliphatic rings. The molecular weight excluding hydrogens is 222 g/mol. The van der Waals surface area contributed by atoms with Crippen molar-refractivity contribution >= 4 is 11.6 Å². The highest BCUT2D eigenvalue weighted by atomic mass is 35.5. The largest absolute Gasteiger partial charge is 0.379 e. The van der Waals surface area contributed by atoms with E-state index in [1.54, 1.807) is 7.11 Å². The molecule has 1 aromatic rings. The van der Waals surface area contributed by atoms with E-state index in [4.69, 9.17) is 16.3 Å². The fourth-order valence-corrected chi connectivity index (χ4v) is 2.10. The van der Waals surface area contributed by atoms with Crippen LogP contribution in [-0.4, -0.2) is 20.3 Å². The summed E-state index contributed by atoms with van der Waals surface area (Å²) in [4.78, 5) is 0. The highest BCUT2D eigenvalue weighted by molar-refractivity contribution is 6.31. The lowest BCUT2D eigenvalue weighted by Crippen LogP contribution is -2.30. The average molecular weight is 242 g/mol. The minimum Gasteiger partial charge on any atom is -0.379 e. The van der Waals surface area contributed by atoms with E-state index in [9.17, 15) is 0 Å². The highest BCUT2D eigenvalue weighted by Crippen LogP contribution is 2.25. The summed E-state index contributed by atoms with van der Waals surface area (Å²) in [5.74, 6) is 0.